The smallest absolute Gasteiger partial charge is 0.243 e. The molecule has 1 aliphatic carbocycles. The molecule has 1 aliphatic heterocycles. The van der Waals surface area contributed by atoms with E-state index in [1.807, 2.05) is 0 Å². The minimum absolute atomic E-state index is 0. The van der Waals surface area contributed by atoms with Gasteiger partial charge in [0.25, 0.3) is 0 Å². The molecule has 3 rings (SSSR count). The minimum atomic E-state index is -3.49. The largest absolute Gasteiger partial charge is 0.327 e. The number of nitrogens with two attached hydrogens (primary N) is 1. The Kier molecular flexibility index (Phi) is 5.91. The highest BCUT2D eigenvalue weighted by Crippen LogP contribution is 2.39. The summed E-state index contributed by atoms with van der Waals surface area (Å²) in [6.07, 6.45) is 2.39. The molecule has 134 valence electrons. The number of benzene rings is 1. The Labute approximate surface area is 149 Å². The van der Waals surface area contributed by atoms with Gasteiger partial charge in [0, 0.05) is 31.2 Å². The number of anilines is 1. The molecule has 1 saturated heterocycles. The molecule has 1 saturated carbocycles. The summed E-state index contributed by atoms with van der Waals surface area (Å²) < 4.78 is 27.1. The number of nitrogens with zero attached hydrogens (tertiary/aromatic N) is 1. The molecule has 6 nitrogen and oxygen atoms in total. The molecule has 0 spiro atoms. The highest BCUT2D eigenvalue weighted by molar-refractivity contribution is 7.89. The molecule has 3 unspecified atom stereocenters. The Bertz CT molecular complexity index is 693. The Morgan fingerprint density at radius 1 is 1.25 bits per heavy atom. The topological polar surface area (TPSA) is 92.5 Å². The Hall–Kier alpha value is -1.15. The number of rotatable bonds is 4. The molecule has 3 atom stereocenters. The summed E-state index contributed by atoms with van der Waals surface area (Å²) in [5, 5.41) is 2.71. The van der Waals surface area contributed by atoms with Crippen molar-refractivity contribution < 1.29 is 13.2 Å². The van der Waals surface area contributed by atoms with Gasteiger partial charge in [-0.1, -0.05) is 6.92 Å². The second-order valence-electron chi connectivity index (χ2n) is 6.41. The Morgan fingerprint density at radius 3 is 2.50 bits per heavy atom. The van der Waals surface area contributed by atoms with E-state index in [4.69, 9.17) is 5.73 Å². The van der Waals surface area contributed by atoms with Gasteiger partial charge in [-0.25, -0.2) is 8.42 Å². The number of hydrogen-bond donors (Lipinski definition) is 2. The van der Waals surface area contributed by atoms with Gasteiger partial charge >= 0.3 is 0 Å². The quantitative estimate of drug-likeness (QED) is 0.841. The molecule has 2 aliphatic rings. The number of amides is 1. The van der Waals surface area contributed by atoms with E-state index in [1.54, 1.807) is 35.5 Å². The normalized spacial score (nSPS) is 26.7. The van der Waals surface area contributed by atoms with E-state index in [9.17, 15) is 13.2 Å². The third kappa shape index (κ3) is 3.59. The summed E-state index contributed by atoms with van der Waals surface area (Å²) in [6.45, 7) is 2.85. The molecular weight excluding hydrogens is 350 g/mol. The summed E-state index contributed by atoms with van der Waals surface area (Å²) in [5.41, 5.74) is 6.69. The third-order valence-electron chi connectivity index (χ3n) is 4.98. The molecule has 1 heterocycles. The van der Waals surface area contributed by atoms with Gasteiger partial charge in [0.2, 0.25) is 15.9 Å². The molecule has 1 aromatic carbocycles. The fourth-order valence-electron chi connectivity index (χ4n) is 3.57. The average Bonchev–Trinajstić information content (AvgIpc) is 3.11. The van der Waals surface area contributed by atoms with Crippen LogP contribution in [-0.2, 0) is 14.8 Å². The maximum atomic E-state index is 12.8. The highest BCUT2D eigenvalue weighted by Gasteiger charge is 2.44. The van der Waals surface area contributed by atoms with Crippen LogP contribution in [0.25, 0.3) is 0 Å². The Balaban J connectivity index is 0.00000208. The summed E-state index contributed by atoms with van der Waals surface area (Å²) in [4.78, 5) is 11.6. The van der Waals surface area contributed by atoms with Gasteiger partial charge in [0.15, 0.2) is 0 Å². The van der Waals surface area contributed by atoms with Gasteiger partial charge in [0.1, 0.15) is 0 Å². The second-order valence-corrected chi connectivity index (χ2v) is 8.35. The lowest BCUT2D eigenvalue weighted by molar-refractivity contribution is -0.115. The standard InChI is InChI=1S/C16H23N3O3S.ClH/c1-2-16(20)18-12-4-6-13(7-5-12)23(21,22)19-9-11-3-8-15(17)14(11)10-19;/h4-7,11,14-15H,2-3,8-10,17H2,1H3,(H,18,20);1H. The highest BCUT2D eigenvalue weighted by atomic mass is 35.5. The van der Waals surface area contributed by atoms with E-state index >= 15 is 0 Å². The maximum absolute atomic E-state index is 12.8. The predicted octanol–water partition coefficient (Wildman–Crippen LogP) is 1.81. The van der Waals surface area contributed by atoms with Crippen LogP contribution in [0.3, 0.4) is 0 Å². The van der Waals surface area contributed by atoms with Crippen molar-refractivity contribution in [1.29, 1.82) is 0 Å². The van der Waals surface area contributed by atoms with Crippen molar-refractivity contribution in [2.24, 2.45) is 17.6 Å². The zero-order chi connectivity index (χ0) is 16.6. The molecule has 1 aromatic rings. The van der Waals surface area contributed by atoms with Crippen LogP contribution >= 0.6 is 12.4 Å². The van der Waals surface area contributed by atoms with Crippen molar-refractivity contribution >= 4 is 34.0 Å². The van der Waals surface area contributed by atoms with Crippen LogP contribution in [0, 0.1) is 11.8 Å². The summed E-state index contributed by atoms with van der Waals surface area (Å²) >= 11 is 0. The van der Waals surface area contributed by atoms with Crippen LogP contribution in [0.5, 0.6) is 0 Å². The van der Waals surface area contributed by atoms with E-state index < -0.39 is 10.0 Å². The van der Waals surface area contributed by atoms with Crippen LogP contribution in [0.2, 0.25) is 0 Å². The van der Waals surface area contributed by atoms with E-state index in [1.165, 1.54) is 0 Å². The fourth-order valence-corrected chi connectivity index (χ4v) is 5.11. The molecular formula is C16H24ClN3O3S. The van der Waals surface area contributed by atoms with Gasteiger partial charge < -0.3 is 11.1 Å². The Morgan fingerprint density at radius 2 is 1.92 bits per heavy atom. The molecule has 1 amide bonds. The number of nitrogens with one attached hydrogen (secondary N) is 1. The number of carbonyl (C=O) groups excluding carboxylic acids is 1. The molecule has 3 N–H and O–H groups in total. The molecule has 0 radical (unpaired) electrons. The molecule has 8 heteroatoms. The number of hydrogen-bond acceptors (Lipinski definition) is 4. The van der Waals surface area contributed by atoms with E-state index in [0.717, 1.165) is 12.8 Å². The first-order valence-electron chi connectivity index (χ1n) is 8.07. The van der Waals surface area contributed by atoms with E-state index in [0.29, 0.717) is 31.1 Å². The first-order chi connectivity index (χ1) is 10.9. The maximum Gasteiger partial charge on any atom is 0.243 e. The van der Waals surface area contributed by atoms with Crippen molar-refractivity contribution in [2.75, 3.05) is 18.4 Å². The average molecular weight is 374 g/mol. The van der Waals surface area contributed by atoms with Gasteiger partial charge in [-0.3, -0.25) is 4.79 Å². The van der Waals surface area contributed by atoms with Crippen molar-refractivity contribution in [2.45, 2.75) is 37.1 Å². The minimum Gasteiger partial charge on any atom is -0.327 e. The van der Waals surface area contributed by atoms with Crippen LogP contribution in [-0.4, -0.2) is 37.8 Å². The second kappa shape index (κ2) is 7.39. The van der Waals surface area contributed by atoms with Crippen LogP contribution in [0.1, 0.15) is 26.2 Å². The van der Waals surface area contributed by atoms with Gasteiger partial charge in [-0.2, -0.15) is 4.31 Å². The van der Waals surface area contributed by atoms with E-state index in [2.05, 4.69) is 5.32 Å². The van der Waals surface area contributed by atoms with Crippen LogP contribution < -0.4 is 11.1 Å². The van der Waals surface area contributed by atoms with Gasteiger partial charge in [-0.05, 0) is 48.9 Å². The van der Waals surface area contributed by atoms with Crippen molar-refractivity contribution in [1.82, 2.24) is 4.31 Å². The lowest BCUT2D eigenvalue weighted by atomic mass is 9.98. The van der Waals surface area contributed by atoms with E-state index in [-0.39, 0.29) is 35.2 Å². The number of halogens is 1. The number of sulfonamides is 1. The number of carbonyl (C=O) groups is 1. The SMILES string of the molecule is CCC(=O)Nc1ccc(S(=O)(=O)N2CC3CCC(N)C3C2)cc1.Cl. The lowest BCUT2D eigenvalue weighted by Gasteiger charge is -2.18. The first-order valence-corrected chi connectivity index (χ1v) is 9.51. The van der Waals surface area contributed by atoms with Crippen molar-refractivity contribution in [3.63, 3.8) is 0 Å². The van der Waals surface area contributed by atoms with Crippen molar-refractivity contribution in [3.8, 4) is 0 Å². The molecule has 2 fully saturated rings. The molecule has 0 aromatic heterocycles. The number of fused-ring (bicyclic) bond motifs is 1. The van der Waals surface area contributed by atoms with Crippen LogP contribution in [0.15, 0.2) is 29.2 Å². The van der Waals surface area contributed by atoms with Crippen molar-refractivity contribution in [3.05, 3.63) is 24.3 Å². The molecule has 24 heavy (non-hydrogen) atoms. The van der Waals surface area contributed by atoms with Gasteiger partial charge in [0.05, 0.1) is 4.90 Å². The molecule has 0 bridgehead atoms. The monoisotopic (exact) mass is 373 g/mol. The summed E-state index contributed by atoms with van der Waals surface area (Å²) in [7, 11) is -3.49. The summed E-state index contributed by atoms with van der Waals surface area (Å²) in [5.74, 6) is 0.581. The zero-order valence-corrected chi connectivity index (χ0v) is 15.3. The zero-order valence-electron chi connectivity index (χ0n) is 13.6. The van der Waals surface area contributed by atoms with Crippen LogP contribution in [0.4, 0.5) is 5.69 Å². The summed E-state index contributed by atoms with van der Waals surface area (Å²) in [6, 6.07) is 6.47. The first kappa shape index (κ1) is 19.2. The third-order valence-corrected chi connectivity index (χ3v) is 6.82. The fraction of sp³-hybridized carbons (Fsp3) is 0.562. The lowest BCUT2D eigenvalue weighted by Crippen LogP contribution is -2.33. The predicted molar refractivity (Wildman–Crippen MR) is 95.6 cm³/mol. The van der Waals surface area contributed by atoms with Gasteiger partial charge in [-0.15, -0.1) is 12.4 Å².